The Morgan fingerprint density at radius 3 is 2.83 bits per heavy atom. The normalized spacial score (nSPS) is 22.0. The van der Waals surface area contributed by atoms with Crippen LogP contribution >= 0.6 is 0 Å². The number of hydrogen-bond donors (Lipinski definition) is 3. The molecule has 1 saturated heterocycles. The zero-order valence-corrected chi connectivity index (χ0v) is 11.2. The van der Waals surface area contributed by atoms with Gasteiger partial charge in [0.2, 0.25) is 0 Å². The van der Waals surface area contributed by atoms with Gasteiger partial charge in [-0.05, 0) is 38.1 Å². The van der Waals surface area contributed by atoms with E-state index in [1.165, 1.54) is 0 Å². The van der Waals surface area contributed by atoms with Crippen molar-refractivity contribution in [3.8, 4) is 0 Å². The lowest BCUT2D eigenvalue weighted by Gasteiger charge is -2.22. The van der Waals surface area contributed by atoms with E-state index in [9.17, 15) is 4.79 Å². The number of carboxylic acid groups (broad SMARTS) is 1. The number of nitrogens with two attached hydrogens (primary N) is 1. The molecule has 5 nitrogen and oxygen atoms in total. The molecule has 0 aromatic carbocycles. The summed E-state index contributed by atoms with van der Waals surface area (Å²) in [5.41, 5.74) is 5.71. The molecule has 1 heterocycles. The summed E-state index contributed by atoms with van der Waals surface area (Å²) in [5.74, 6) is -0.495. The van der Waals surface area contributed by atoms with Gasteiger partial charge in [-0.25, -0.2) is 4.79 Å². The molecule has 0 amide bonds. The fourth-order valence-corrected chi connectivity index (χ4v) is 2.49. The van der Waals surface area contributed by atoms with Crippen molar-refractivity contribution in [2.45, 2.75) is 45.1 Å². The van der Waals surface area contributed by atoms with E-state index < -0.39 is 5.97 Å². The highest BCUT2D eigenvalue weighted by molar-refractivity contribution is 6.34. The van der Waals surface area contributed by atoms with Crippen LogP contribution in [-0.2, 0) is 4.79 Å². The second-order valence-corrected chi connectivity index (χ2v) is 5.26. The van der Waals surface area contributed by atoms with Gasteiger partial charge in [-0.1, -0.05) is 13.3 Å². The fraction of sp³-hybridized carbons (Fsp3) is 0.846. The Kier molecular flexibility index (Phi) is 6.29. The topological polar surface area (TPSA) is 90.4 Å². The molecule has 0 radical (unpaired) electrons. The molecular weight excluding hydrogens is 230 g/mol. The highest BCUT2D eigenvalue weighted by Crippen LogP contribution is 2.17. The molecule has 0 bridgehead atoms. The Morgan fingerprint density at radius 2 is 2.33 bits per heavy atom. The van der Waals surface area contributed by atoms with E-state index in [4.69, 9.17) is 16.2 Å². The molecule has 0 aromatic heterocycles. The molecule has 0 aliphatic carbocycles. The molecular formula is C13H25N3O2. The van der Waals surface area contributed by atoms with Crippen LogP contribution in [0.5, 0.6) is 0 Å². The zero-order valence-electron chi connectivity index (χ0n) is 11.2. The smallest absolute Gasteiger partial charge is 0.349 e. The first-order valence-electron chi connectivity index (χ1n) is 6.81. The van der Waals surface area contributed by atoms with Gasteiger partial charge < -0.3 is 15.7 Å². The Hall–Kier alpha value is -0.940. The number of nitrogens with zero attached hydrogens (tertiary/aromatic N) is 1. The van der Waals surface area contributed by atoms with Crippen LogP contribution < -0.4 is 5.73 Å². The standard InChI is InChI=1S/C13H25N3O2/c1-2-10(4-3-5-12(15)13(17)18)8-16-7-6-11(14)9-16/h10-11,15H,2-9,14H2,1H3,(H,17,18). The number of carbonyl (C=O) groups is 1. The van der Waals surface area contributed by atoms with Crippen LogP contribution in [0.25, 0.3) is 0 Å². The third-order valence-electron chi connectivity index (χ3n) is 3.70. The summed E-state index contributed by atoms with van der Waals surface area (Å²) in [6, 6.07) is 0.322. The SMILES string of the molecule is CCC(CCCC(=N)C(=O)O)CN1CCC(N)C1. The van der Waals surface area contributed by atoms with Gasteiger partial charge in [0.25, 0.3) is 0 Å². The average molecular weight is 255 g/mol. The van der Waals surface area contributed by atoms with Crippen LogP contribution in [0.15, 0.2) is 0 Å². The van der Waals surface area contributed by atoms with Crippen LogP contribution in [-0.4, -0.2) is 47.4 Å². The van der Waals surface area contributed by atoms with Crippen LogP contribution in [0.3, 0.4) is 0 Å². The van der Waals surface area contributed by atoms with E-state index in [-0.39, 0.29) is 5.71 Å². The first-order chi connectivity index (χ1) is 8.52. The van der Waals surface area contributed by atoms with Crippen molar-refractivity contribution in [1.82, 2.24) is 4.90 Å². The van der Waals surface area contributed by atoms with Crippen LogP contribution in [0.2, 0.25) is 0 Å². The lowest BCUT2D eigenvalue weighted by Crippen LogP contribution is -2.30. The van der Waals surface area contributed by atoms with Gasteiger partial charge in [0.05, 0.1) is 0 Å². The maximum Gasteiger partial charge on any atom is 0.349 e. The third-order valence-corrected chi connectivity index (χ3v) is 3.70. The zero-order chi connectivity index (χ0) is 13.5. The summed E-state index contributed by atoms with van der Waals surface area (Å²) in [7, 11) is 0. The van der Waals surface area contributed by atoms with Crippen LogP contribution in [0.1, 0.15) is 39.0 Å². The first-order valence-corrected chi connectivity index (χ1v) is 6.81. The highest BCUT2D eigenvalue weighted by atomic mass is 16.4. The summed E-state index contributed by atoms with van der Waals surface area (Å²) < 4.78 is 0. The molecule has 0 spiro atoms. The van der Waals surface area contributed by atoms with Gasteiger partial charge in [0, 0.05) is 19.1 Å². The fourth-order valence-electron chi connectivity index (χ4n) is 2.49. The average Bonchev–Trinajstić information content (AvgIpc) is 2.73. The van der Waals surface area contributed by atoms with E-state index >= 15 is 0 Å². The molecule has 18 heavy (non-hydrogen) atoms. The van der Waals surface area contributed by atoms with E-state index in [2.05, 4.69) is 11.8 Å². The summed E-state index contributed by atoms with van der Waals surface area (Å²) in [4.78, 5) is 12.9. The minimum atomic E-state index is -1.09. The lowest BCUT2D eigenvalue weighted by molar-refractivity contribution is -0.129. The molecule has 4 N–H and O–H groups in total. The summed E-state index contributed by atoms with van der Waals surface area (Å²) in [6.45, 7) is 5.30. The van der Waals surface area contributed by atoms with Crippen molar-refractivity contribution in [1.29, 1.82) is 5.41 Å². The minimum Gasteiger partial charge on any atom is -0.477 e. The summed E-state index contributed by atoms with van der Waals surface area (Å²) >= 11 is 0. The van der Waals surface area contributed by atoms with Crippen molar-refractivity contribution < 1.29 is 9.90 Å². The third kappa shape index (κ3) is 5.14. The van der Waals surface area contributed by atoms with E-state index in [1.807, 2.05) is 0 Å². The Labute approximate surface area is 109 Å². The number of aliphatic carboxylic acids is 1. The van der Waals surface area contributed by atoms with Crippen LogP contribution in [0, 0.1) is 11.3 Å². The number of hydrogen-bond acceptors (Lipinski definition) is 4. The van der Waals surface area contributed by atoms with Crippen molar-refractivity contribution in [2.75, 3.05) is 19.6 Å². The Bertz CT molecular complexity index is 294. The molecule has 0 saturated carbocycles. The molecule has 5 heteroatoms. The van der Waals surface area contributed by atoms with Gasteiger partial charge >= 0.3 is 5.97 Å². The number of rotatable bonds is 8. The second-order valence-electron chi connectivity index (χ2n) is 5.26. The molecule has 0 aromatic rings. The Balaban J connectivity index is 2.21. The lowest BCUT2D eigenvalue weighted by atomic mass is 9.97. The first kappa shape index (κ1) is 15.1. The van der Waals surface area contributed by atoms with Crippen molar-refractivity contribution in [3.63, 3.8) is 0 Å². The van der Waals surface area contributed by atoms with Gasteiger partial charge in [0.15, 0.2) is 0 Å². The molecule has 104 valence electrons. The van der Waals surface area contributed by atoms with Crippen LogP contribution in [0.4, 0.5) is 0 Å². The minimum absolute atomic E-state index is 0.173. The van der Waals surface area contributed by atoms with Gasteiger partial charge in [-0.15, -0.1) is 0 Å². The number of likely N-dealkylation sites (tertiary alicyclic amines) is 1. The van der Waals surface area contributed by atoms with Crippen molar-refractivity contribution in [3.05, 3.63) is 0 Å². The highest BCUT2D eigenvalue weighted by Gasteiger charge is 2.21. The second kappa shape index (κ2) is 7.48. The number of nitrogens with one attached hydrogen (secondary N) is 1. The summed E-state index contributed by atoms with van der Waals surface area (Å²) in [6.07, 6.45) is 4.36. The Morgan fingerprint density at radius 1 is 1.61 bits per heavy atom. The molecule has 2 atom stereocenters. The monoisotopic (exact) mass is 255 g/mol. The molecule has 1 rings (SSSR count). The summed E-state index contributed by atoms with van der Waals surface area (Å²) in [5, 5.41) is 15.9. The van der Waals surface area contributed by atoms with Gasteiger partial charge in [0.1, 0.15) is 5.71 Å². The molecule has 2 unspecified atom stereocenters. The predicted octanol–water partition coefficient (Wildman–Crippen LogP) is 1.32. The van der Waals surface area contributed by atoms with E-state index in [0.717, 1.165) is 45.3 Å². The van der Waals surface area contributed by atoms with Crippen molar-refractivity contribution in [2.24, 2.45) is 11.7 Å². The van der Waals surface area contributed by atoms with Gasteiger partial charge in [-0.2, -0.15) is 0 Å². The quantitative estimate of drug-likeness (QED) is 0.570. The molecule has 1 fully saturated rings. The van der Waals surface area contributed by atoms with Crippen molar-refractivity contribution >= 4 is 11.7 Å². The molecule has 1 aliphatic rings. The van der Waals surface area contributed by atoms with Gasteiger partial charge in [-0.3, -0.25) is 5.41 Å². The molecule has 1 aliphatic heterocycles. The number of carboxylic acids is 1. The van der Waals surface area contributed by atoms with E-state index in [1.54, 1.807) is 0 Å². The largest absolute Gasteiger partial charge is 0.477 e. The maximum atomic E-state index is 10.5. The maximum absolute atomic E-state index is 10.5. The predicted molar refractivity (Wildman–Crippen MR) is 72.0 cm³/mol. The van der Waals surface area contributed by atoms with E-state index in [0.29, 0.717) is 18.4 Å².